The number of hydrogen-bond donors (Lipinski definition) is 3. The highest BCUT2D eigenvalue weighted by atomic mass is 16.7. The minimum Gasteiger partial charge on any atom is -0.488 e. The fraction of sp³-hybridized carbons (Fsp3) is 0.300. The second-order valence-corrected chi connectivity index (χ2v) is 6.28. The van der Waals surface area contributed by atoms with Gasteiger partial charge in [0.25, 0.3) is 0 Å². The SMILES string of the molecule is O=Cc1c(OCc2ccc(C(=O)O)cc2)cccc1O[C@H]1CC(O)[C@@H](CO)O1. The molecule has 8 heteroatoms. The van der Waals surface area contributed by atoms with E-state index in [-0.39, 0.29) is 36.5 Å². The average molecular weight is 388 g/mol. The first-order valence-electron chi connectivity index (χ1n) is 8.66. The van der Waals surface area contributed by atoms with E-state index in [4.69, 9.17) is 24.4 Å². The standard InChI is InChI=1S/C20H20O8/c21-9-14-16(26-11-12-4-6-13(7-5-12)20(24)25)2-1-3-17(14)27-19-8-15(23)18(10-22)28-19/h1-7,9,15,18-19,22-23H,8,10-11H2,(H,24,25)/t15?,18-,19-/m1/s1. The van der Waals surface area contributed by atoms with Crippen molar-refractivity contribution in [2.24, 2.45) is 0 Å². The number of carbonyl (C=O) groups is 2. The summed E-state index contributed by atoms with van der Waals surface area (Å²) in [5.74, 6) is -0.472. The first kappa shape index (κ1) is 19.8. The van der Waals surface area contributed by atoms with Crippen LogP contribution in [0.1, 0.15) is 32.7 Å². The number of carbonyl (C=O) groups excluding carboxylic acids is 1. The van der Waals surface area contributed by atoms with Crippen LogP contribution in [0.2, 0.25) is 0 Å². The molecule has 148 valence electrons. The molecule has 2 aromatic rings. The third-order valence-electron chi connectivity index (χ3n) is 4.37. The molecule has 0 spiro atoms. The molecule has 0 amide bonds. The number of aliphatic hydroxyl groups excluding tert-OH is 2. The number of hydrogen-bond acceptors (Lipinski definition) is 7. The lowest BCUT2D eigenvalue weighted by Crippen LogP contribution is -2.24. The first-order valence-corrected chi connectivity index (χ1v) is 8.66. The molecule has 1 fully saturated rings. The van der Waals surface area contributed by atoms with Crippen molar-refractivity contribution in [3.05, 3.63) is 59.2 Å². The van der Waals surface area contributed by atoms with Crippen LogP contribution in [0.3, 0.4) is 0 Å². The van der Waals surface area contributed by atoms with Crippen molar-refractivity contribution in [3.8, 4) is 11.5 Å². The second kappa shape index (κ2) is 8.83. The van der Waals surface area contributed by atoms with Crippen LogP contribution in [0.4, 0.5) is 0 Å². The quantitative estimate of drug-likeness (QED) is 0.583. The molecule has 3 N–H and O–H groups in total. The van der Waals surface area contributed by atoms with Gasteiger partial charge in [-0.05, 0) is 29.8 Å². The zero-order valence-electron chi connectivity index (χ0n) is 14.9. The van der Waals surface area contributed by atoms with Crippen LogP contribution in [0.15, 0.2) is 42.5 Å². The highest BCUT2D eigenvalue weighted by molar-refractivity contribution is 5.87. The van der Waals surface area contributed by atoms with E-state index < -0.39 is 24.5 Å². The zero-order valence-corrected chi connectivity index (χ0v) is 14.9. The van der Waals surface area contributed by atoms with Gasteiger partial charge in [-0.1, -0.05) is 18.2 Å². The molecule has 1 saturated heterocycles. The van der Waals surface area contributed by atoms with Crippen molar-refractivity contribution in [2.75, 3.05) is 6.61 Å². The number of rotatable bonds is 8. The van der Waals surface area contributed by atoms with Gasteiger partial charge < -0.3 is 29.5 Å². The van der Waals surface area contributed by atoms with Crippen molar-refractivity contribution in [2.45, 2.75) is 31.5 Å². The van der Waals surface area contributed by atoms with Crippen LogP contribution < -0.4 is 9.47 Å². The summed E-state index contributed by atoms with van der Waals surface area (Å²) in [5, 5.41) is 27.9. The van der Waals surface area contributed by atoms with Crippen molar-refractivity contribution in [1.82, 2.24) is 0 Å². The molecule has 1 unspecified atom stereocenters. The number of carboxylic acid groups (broad SMARTS) is 1. The van der Waals surface area contributed by atoms with Gasteiger partial charge >= 0.3 is 5.97 Å². The Balaban J connectivity index is 1.69. The van der Waals surface area contributed by atoms with Gasteiger partial charge in [-0.25, -0.2) is 4.79 Å². The van der Waals surface area contributed by atoms with Gasteiger partial charge in [-0.2, -0.15) is 0 Å². The molecule has 2 aromatic carbocycles. The Kier molecular flexibility index (Phi) is 6.25. The van der Waals surface area contributed by atoms with E-state index >= 15 is 0 Å². The molecule has 0 aromatic heterocycles. The van der Waals surface area contributed by atoms with Gasteiger partial charge in [-0.15, -0.1) is 0 Å². The van der Waals surface area contributed by atoms with Crippen LogP contribution in [-0.4, -0.2) is 52.7 Å². The lowest BCUT2D eigenvalue weighted by atomic mass is 10.1. The normalized spacial score (nSPS) is 21.3. The third-order valence-corrected chi connectivity index (χ3v) is 4.37. The van der Waals surface area contributed by atoms with E-state index in [2.05, 4.69) is 0 Å². The van der Waals surface area contributed by atoms with Crippen molar-refractivity contribution >= 4 is 12.3 Å². The summed E-state index contributed by atoms with van der Waals surface area (Å²) in [6.45, 7) is -0.194. The summed E-state index contributed by atoms with van der Waals surface area (Å²) in [5.41, 5.74) is 1.10. The van der Waals surface area contributed by atoms with Gasteiger partial charge in [0.15, 0.2) is 6.29 Å². The molecule has 3 rings (SSSR count). The minimum absolute atomic E-state index is 0.134. The van der Waals surface area contributed by atoms with Crippen LogP contribution in [0.25, 0.3) is 0 Å². The number of aromatic carboxylic acids is 1. The Labute approximate surface area is 160 Å². The Morgan fingerprint density at radius 1 is 1.18 bits per heavy atom. The molecule has 1 aliphatic heterocycles. The van der Waals surface area contributed by atoms with Crippen LogP contribution >= 0.6 is 0 Å². The largest absolute Gasteiger partial charge is 0.488 e. The van der Waals surface area contributed by atoms with Crippen LogP contribution in [0, 0.1) is 0 Å². The predicted molar refractivity (Wildman–Crippen MR) is 96.6 cm³/mol. The number of aldehydes is 1. The molecule has 8 nitrogen and oxygen atoms in total. The van der Waals surface area contributed by atoms with E-state index in [0.29, 0.717) is 12.0 Å². The van der Waals surface area contributed by atoms with Crippen molar-refractivity contribution < 1.29 is 39.1 Å². The van der Waals surface area contributed by atoms with Gasteiger partial charge in [0.05, 0.1) is 23.8 Å². The molecule has 3 atom stereocenters. The average Bonchev–Trinajstić information content (AvgIpc) is 3.05. The number of carboxylic acids is 1. The van der Waals surface area contributed by atoms with Gasteiger partial charge in [0.2, 0.25) is 6.29 Å². The fourth-order valence-corrected chi connectivity index (χ4v) is 2.85. The Morgan fingerprint density at radius 3 is 2.50 bits per heavy atom. The molecule has 1 aliphatic rings. The minimum atomic E-state index is -1.01. The summed E-state index contributed by atoms with van der Waals surface area (Å²) >= 11 is 0. The van der Waals surface area contributed by atoms with Crippen molar-refractivity contribution in [3.63, 3.8) is 0 Å². The maximum Gasteiger partial charge on any atom is 0.335 e. The highest BCUT2D eigenvalue weighted by Crippen LogP contribution is 2.31. The maximum atomic E-state index is 11.6. The van der Waals surface area contributed by atoms with Crippen LogP contribution in [0.5, 0.6) is 11.5 Å². The molecule has 28 heavy (non-hydrogen) atoms. The Bertz CT molecular complexity index is 833. The smallest absolute Gasteiger partial charge is 0.335 e. The number of ether oxygens (including phenoxy) is 3. The summed E-state index contributed by atoms with van der Waals surface area (Å²) < 4.78 is 16.8. The lowest BCUT2D eigenvalue weighted by molar-refractivity contribution is -0.0933. The van der Waals surface area contributed by atoms with Crippen LogP contribution in [-0.2, 0) is 11.3 Å². The molecule has 1 heterocycles. The Hall–Kier alpha value is -2.94. The number of benzene rings is 2. The second-order valence-electron chi connectivity index (χ2n) is 6.28. The highest BCUT2D eigenvalue weighted by Gasteiger charge is 2.35. The first-order chi connectivity index (χ1) is 13.5. The summed E-state index contributed by atoms with van der Waals surface area (Å²) in [6, 6.07) is 11.1. The van der Waals surface area contributed by atoms with Crippen molar-refractivity contribution in [1.29, 1.82) is 0 Å². The predicted octanol–water partition coefficient (Wildman–Crippen LogP) is 1.62. The van der Waals surface area contributed by atoms with E-state index in [1.165, 1.54) is 12.1 Å². The zero-order chi connectivity index (χ0) is 20.1. The van der Waals surface area contributed by atoms with E-state index in [0.717, 1.165) is 5.56 Å². The monoisotopic (exact) mass is 388 g/mol. The fourth-order valence-electron chi connectivity index (χ4n) is 2.85. The summed E-state index contributed by atoms with van der Waals surface area (Å²) in [4.78, 5) is 22.5. The maximum absolute atomic E-state index is 11.6. The van der Waals surface area contributed by atoms with E-state index in [1.54, 1.807) is 30.3 Å². The topological polar surface area (TPSA) is 123 Å². The molecule has 0 bridgehead atoms. The lowest BCUT2D eigenvalue weighted by Gasteiger charge is -2.17. The molecular weight excluding hydrogens is 368 g/mol. The summed E-state index contributed by atoms with van der Waals surface area (Å²) in [6.07, 6.45) is -1.58. The molecular formula is C20H20O8. The van der Waals surface area contributed by atoms with E-state index in [9.17, 15) is 14.7 Å². The van der Waals surface area contributed by atoms with E-state index in [1.807, 2.05) is 0 Å². The molecule has 0 aliphatic carbocycles. The van der Waals surface area contributed by atoms with Gasteiger partial charge in [-0.3, -0.25) is 4.79 Å². The summed E-state index contributed by atoms with van der Waals surface area (Å²) in [7, 11) is 0. The molecule has 0 radical (unpaired) electrons. The third kappa shape index (κ3) is 4.48. The van der Waals surface area contributed by atoms with Gasteiger partial charge in [0.1, 0.15) is 24.2 Å². The van der Waals surface area contributed by atoms with Gasteiger partial charge in [0, 0.05) is 6.42 Å². The number of aliphatic hydroxyl groups is 2. The Morgan fingerprint density at radius 2 is 1.89 bits per heavy atom. The molecule has 0 saturated carbocycles.